The Labute approximate surface area is 116 Å². The molecule has 0 amide bonds. The molecule has 0 bridgehead atoms. The minimum absolute atomic E-state index is 0.296. The van der Waals surface area contributed by atoms with Crippen molar-refractivity contribution in [2.45, 2.75) is 52.1 Å². The second-order valence-corrected chi connectivity index (χ2v) is 5.67. The van der Waals surface area contributed by atoms with Gasteiger partial charge in [-0.25, -0.2) is 0 Å². The van der Waals surface area contributed by atoms with E-state index in [9.17, 15) is 4.79 Å². The van der Waals surface area contributed by atoms with Crippen LogP contribution in [-0.4, -0.2) is 28.2 Å². The fraction of sp³-hybridized carbons (Fsp3) is 0.692. The molecule has 0 spiro atoms. The van der Waals surface area contributed by atoms with E-state index in [0.29, 0.717) is 24.7 Å². The summed E-state index contributed by atoms with van der Waals surface area (Å²) in [6.45, 7) is 5.86. The maximum Gasteiger partial charge on any atom is 0.140 e. The van der Waals surface area contributed by atoms with Gasteiger partial charge in [0.25, 0.3) is 0 Å². The summed E-state index contributed by atoms with van der Waals surface area (Å²) in [4.78, 5) is 12.1. The molecule has 100 valence electrons. The monoisotopic (exact) mass is 313 g/mol. The first-order valence-electron chi connectivity index (χ1n) is 6.58. The number of aromatic nitrogens is 2. The van der Waals surface area contributed by atoms with Crippen molar-refractivity contribution >= 4 is 21.7 Å². The Hall–Kier alpha value is -0.680. The number of hydrogen-bond donors (Lipinski definition) is 1. The zero-order chi connectivity index (χ0) is 13.1. The molecule has 1 aromatic rings. The molecule has 1 aliphatic rings. The summed E-state index contributed by atoms with van der Waals surface area (Å²) in [5, 5.41) is 7.78. The van der Waals surface area contributed by atoms with Crippen molar-refractivity contribution in [1.29, 1.82) is 0 Å². The Morgan fingerprint density at radius 3 is 3.00 bits per heavy atom. The van der Waals surface area contributed by atoms with E-state index in [2.05, 4.69) is 26.3 Å². The molecule has 1 N–H and O–H groups in total. The average Bonchev–Trinajstić information content (AvgIpc) is 2.92. The summed E-state index contributed by atoms with van der Waals surface area (Å²) in [5.74, 6) is 0.296. The number of halogens is 1. The van der Waals surface area contributed by atoms with Crippen molar-refractivity contribution in [3.63, 3.8) is 0 Å². The van der Waals surface area contributed by atoms with Gasteiger partial charge in [-0.05, 0) is 49.2 Å². The topological polar surface area (TPSA) is 46.9 Å². The highest BCUT2D eigenvalue weighted by Gasteiger charge is 2.20. The van der Waals surface area contributed by atoms with Crippen LogP contribution in [0.2, 0.25) is 0 Å². The zero-order valence-electron chi connectivity index (χ0n) is 11.0. The highest BCUT2D eigenvalue weighted by Crippen LogP contribution is 2.22. The van der Waals surface area contributed by atoms with Gasteiger partial charge in [0.2, 0.25) is 0 Å². The lowest BCUT2D eigenvalue weighted by molar-refractivity contribution is -0.118. The molecule has 0 aliphatic carbocycles. The fourth-order valence-corrected chi connectivity index (χ4v) is 2.93. The second kappa shape index (κ2) is 5.97. The third-order valence-corrected chi connectivity index (χ3v) is 4.49. The van der Waals surface area contributed by atoms with E-state index in [1.807, 2.05) is 18.5 Å². The third kappa shape index (κ3) is 3.01. The van der Waals surface area contributed by atoms with Gasteiger partial charge in [-0.2, -0.15) is 5.10 Å². The van der Waals surface area contributed by atoms with Gasteiger partial charge in [-0.15, -0.1) is 0 Å². The molecule has 5 heteroatoms. The summed E-state index contributed by atoms with van der Waals surface area (Å²) in [6.07, 6.45) is 3.43. The van der Waals surface area contributed by atoms with Gasteiger partial charge in [0, 0.05) is 25.4 Å². The smallest absolute Gasteiger partial charge is 0.140 e. The van der Waals surface area contributed by atoms with E-state index in [4.69, 9.17) is 0 Å². The Bertz CT molecular complexity index is 436. The van der Waals surface area contributed by atoms with Crippen LogP contribution < -0.4 is 5.32 Å². The summed E-state index contributed by atoms with van der Waals surface area (Å²) in [5.41, 5.74) is 1.97. The van der Waals surface area contributed by atoms with Crippen LogP contribution in [0, 0.1) is 6.92 Å². The fourth-order valence-electron chi connectivity index (χ4n) is 2.50. The van der Waals surface area contributed by atoms with Gasteiger partial charge in [-0.3, -0.25) is 9.48 Å². The molecule has 0 radical (unpaired) electrons. The number of Topliss-reactive ketones (excluding diaryl/α,β-unsaturated/α-hetero) is 1. The molecule has 18 heavy (non-hydrogen) atoms. The second-order valence-electron chi connectivity index (χ2n) is 4.87. The zero-order valence-corrected chi connectivity index (χ0v) is 12.6. The first-order chi connectivity index (χ1) is 8.61. The van der Waals surface area contributed by atoms with Crippen LogP contribution in [0.25, 0.3) is 0 Å². The molecule has 1 aromatic heterocycles. The molecule has 0 saturated carbocycles. The van der Waals surface area contributed by atoms with Crippen LogP contribution in [0.1, 0.15) is 37.6 Å². The van der Waals surface area contributed by atoms with E-state index in [1.165, 1.54) is 6.42 Å². The van der Waals surface area contributed by atoms with Gasteiger partial charge in [0.05, 0.1) is 15.9 Å². The van der Waals surface area contributed by atoms with E-state index >= 15 is 0 Å². The standard InChI is InChI=1S/C13H20BrN3O/c1-3-17-12(13(14)9(2)16-17)8-11(18)7-10-5-4-6-15-10/h10,15H,3-8H2,1-2H3. The van der Waals surface area contributed by atoms with E-state index in [1.54, 1.807) is 0 Å². The van der Waals surface area contributed by atoms with Crippen molar-refractivity contribution < 1.29 is 4.79 Å². The van der Waals surface area contributed by atoms with Crippen LogP contribution in [0.3, 0.4) is 0 Å². The van der Waals surface area contributed by atoms with Crippen LogP contribution in [0.5, 0.6) is 0 Å². The Morgan fingerprint density at radius 2 is 2.39 bits per heavy atom. The number of rotatable bonds is 5. The number of nitrogens with one attached hydrogen (secondary N) is 1. The van der Waals surface area contributed by atoms with Gasteiger partial charge in [0.1, 0.15) is 5.78 Å². The Morgan fingerprint density at radius 1 is 1.61 bits per heavy atom. The van der Waals surface area contributed by atoms with Crippen LogP contribution >= 0.6 is 15.9 Å². The predicted octanol–water partition coefficient (Wildman–Crippen LogP) is 2.23. The maximum absolute atomic E-state index is 12.1. The Balaban J connectivity index is 2.01. The molecule has 1 aliphatic heterocycles. The number of ketones is 1. The minimum Gasteiger partial charge on any atom is -0.314 e. The third-order valence-electron chi connectivity index (χ3n) is 3.45. The number of carbonyl (C=O) groups excluding carboxylic acids is 1. The average molecular weight is 314 g/mol. The van der Waals surface area contributed by atoms with Gasteiger partial charge < -0.3 is 5.32 Å². The molecule has 1 saturated heterocycles. The van der Waals surface area contributed by atoms with Crippen molar-refractivity contribution in [3.8, 4) is 0 Å². The summed E-state index contributed by atoms with van der Waals surface area (Å²) in [7, 11) is 0. The first-order valence-corrected chi connectivity index (χ1v) is 7.38. The SMILES string of the molecule is CCn1nc(C)c(Br)c1CC(=O)CC1CCCN1. The van der Waals surface area contributed by atoms with Crippen molar-refractivity contribution in [3.05, 3.63) is 15.9 Å². The van der Waals surface area contributed by atoms with Gasteiger partial charge in [0.15, 0.2) is 0 Å². The molecule has 2 rings (SSSR count). The van der Waals surface area contributed by atoms with Crippen LogP contribution in [0.4, 0.5) is 0 Å². The minimum atomic E-state index is 0.296. The predicted molar refractivity (Wildman–Crippen MR) is 74.7 cm³/mol. The molecule has 1 atom stereocenters. The molecular formula is C13H20BrN3O. The lowest BCUT2D eigenvalue weighted by atomic mass is 10.1. The normalized spacial score (nSPS) is 19.4. The van der Waals surface area contributed by atoms with Crippen LogP contribution in [0.15, 0.2) is 4.47 Å². The van der Waals surface area contributed by atoms with Gasteiger partial charge >= 0.3 is 0 Å². The number of aryl methyl sites for hydroxylation is 2. The maximum atomic E-state index is 12.1. The number of nitrogens with zero attached hydrogens (tertiary/aromatic N) is 2. The summed E-state index contributed by atoms with van der Waals surface area (Å²) in [6, 6.07) is 0.385. The lowest BCUT2D eigenvalue weighted by Gasteiger charge is -2.09. The van der Waals surface area contributed by atoms with E-state index < -0.39 is 0 Å². The summed E-state index contributed by atoms with van der Waals surface area (Å²) >= 11 is 3.53. The van der Waals surface area contributed by atoms with Crippen LogP contribution in [-0.2, 0) is 17.8 Å². The molecule has 1 unspecified atom stereocenters. The quantitative estimate of drug-likeness (QED) is 0.906. The molecule has 0 aromatic carbocycles. The number of hydrogen-bond acceptors (Lipinski definition) is 3. The van der Waals surface area contributed by atoms with E-state index in [-0.39, 0.29) is 0 Å². The molecule has 4 nitrogen and oxygen atoms in total. The molecular weight excluding hydrogens is 294 g/mol. The molecule has 2 heterocycles. The summed E-state index contributed by atoms with van der Waals surface area (Å²) < 4.78 is 2.90. The van der Waals surface area contributed by atoms with Crippen molar-refractivity contribution in [2.24, 2.45) is 0 Å². The van der Waals surface area contributed by atoms with Gasteiger partial charge in [-0.1, -0.05) is 0 Å². The first kappa shape index (κ1) is 13.7. The van der Waals surface area contributed by atoms with E-state index in [0.717, 1.165) is 35.4 Å². The van der Waals surface area contributed by atoms with Crippen molar-refractivity contribution in [1.82, 2.24) is 15.1 Å². The lowest BCUT2D eigenvalue weighted by Crippen LogP contribution is -2.25. The van der Waals surface area contributed by atoms with Crippen molar-refractivity contribution in [2.75, 3.05) is 6.54 Å². The highest BCUT2D eigenvalue weighted by atomic mass is 79.9. The number of carbonyl (C=O) groups is 1. The highest BCUT2D eigenvalue weighted by molar-refractivity contribution is 9.10. The largest absolute Gasteiger partial charge is 0.314 e. The molecule has 1 fully saturated rings. The Kier molecular flexibility index (Phi) is 4.56.